The lowest BCUT2D eigenvalue weighted by Crippen LogP contribution is -2.24. The lowest BCUT2D eigenvalue weighted by molar-refractivity contribution is -0.122. The van der Waals surface area contributed by atoms with Crippen molar-refractivity contribution >= 4 is 17.5 Å². The number of carbonyl (C=O) groups excluding carboxylic acids is 2. The van der Waals surface area contributed by atoms with E-state index in [0.29, 0.717) is 19.6 Å². The first kappa shape index (κ1) is 16.2. The summed E-state index contributed by atoms with van der Waals surface area (Å²) in [4.78, 5) is 22.6. The molecule has 0 atom stereocenters. The molecule has 1 aromatic rings. The lowest BCUT2D eigenvalue weighted by Gasteiger charge is -2.09. The van der Waals surface area contributed by atoms with Gasteiger partial charge in [-0.1, -0.05) is 12.1 Å². The third kappa shape index (κ3) is 6.89. The molecule has 110 valence electrons. The van der Waals surface area contributed by atoms with Crippen LogP contribution in [0.2, 0.25) is 0 Å². The second kappa shape index (κ2) is 8.32. The number of carbonyl (C=O) groups is 2. The highest BCUT2D eigenvalue weighted by molar-refractivity contribution is 5.88. The van der Waals surface area contributed by atoms with Crippen molar-refractivity contribution in [2.75, 3.05) is 11.9 Å². The van der Waals surface area contributed by atoms with Gasteiger partial charge in [0.15, 0.2) is 0 Å². The second-order valence-corrected chi connectivity index (χ2v) is 4.83. The van der Waals surface area contributed by atoms with Crippen LogP contribution in [0.15, 0.2) is 24.3 Å². The molecule has 0 radical (unpaired) electrons. The van der Waals surface area contributed by atoms with Crippen molar-refractivity contribution in [2.24, 2.45) is 0 Å². The summed E-state index contributed by atoms with van der Waals surface area (Å²) in [5, 5.41) is 5.53. The molecule has 0 saturated heterocycles. The molecule has 0 aromatic heterocycles. The van der Waals surface area contributed by atoms with Crippen LogP contribution in [0, 0.1) is 0 Å². The summed E-state index contributed by atoms with van der Waals surface area (Å²) >= 11 is 0. The number of amides is 2. The largest absolute Gasteiger partial charge is 0.378 e. The number of rotatable bonds is 7. The van der Waals surface area contributed by atoms with Crippen molar-refractivity contribution in [3.63, 3.8) is 0 Å². The molecular weight excluding hydrogens is 256 g/mol. The summed E-state index contributed by atoms with van der Waals surface area (Å²) in [7, 11) is 0. The predicted molar refractivity (Wildman–Crippen MR) is 78.3 cm³/mol. The second-order valence-electron chi connectivity index (χ2n) is 4.83. The van der Waals surface area contributed by atoms with Crippen LogP contribution < -0.4 is 10.6 Å². The Bertz CT molecular complexity index is 458. The van der Waals surface area contributed by atoms with Gasteiger partial charge in [0.05, 0.1) is 12.7 Å². The van der Waals surface area contributed by atoms with Crippen molar-refractivity contribution in [3.8, 4) is 0 Å². The number of hydrogen-bond donors (Lipinski definition) is 2. The molecule has 0 unspecified atom stereocenters. The Balaban J connectivity index is 2.37. The van der Waals surface area contributed by atoms with E-state index < -0.39 is 0 Å². The van der Waals surface area contributed by atoms with Crippen LogP contribution >= 0.6 is 0 Å². The van der Waals surface area contributed by atoms with Gasteiger partial charge < -0.3 is 15.4 Å². The molecule has 0 fully saturated rings. The minimum atomic E-state index is -0.114. The van der Waals surface area contributed by atoms with Crippen LogP contribution in [0.4, 0.5) is 5.69 Å². The van der Waals surface area contributed by atoms with E-state index in [9.17, 15) is 9.59 Å². The minimum absolute atomic E-state index is 0.0458. The van der Waals surface area contributed by atoms with Crippen molar-refractivity contribution < 1.29 is 14.3 Å². The molecule has 0 heterocycles. The fourth-order valence-electron chi connectivity index (χ4n) is 1.64. The topological polar surface area (TPSA) is 67.4 Å². The first-order valence-electron chi connectivity index (χ1n) is 6.72. The molecule has 1 aromatic carbocycles. The number of benzene rings is 1. The monoisotopic (exact) mass is 278 g/mol. The van der Waals surface area contributed by atoms with Gasteiger partial charge in [0, 0.05) is 25.6 Å². The Morgan fingerprint density at radius 1 is 1.30 bits per heavy atom. The Labute approximate surface area is 119 Å². The quantitative estimate of drug-likeness (QED) is 0.802. The summed E-state index contributed by atoms with van der Waals surface area (Å²) in [5.74, 6) is -0.160. The van der Waals surface area contributed by atoms with E-state index in [-0.39, 0.29) is 17.9 Å². The summed E-state index contributed by atoms with van der Waals surface area (Å²) in [6, 6.07) is 7.39. The van der Waals surface area contributed by atoms with E-state index in [1.807, 2.05) is 38.1 Å². The van der Waals surface area contributed by atoms with Gasteiger partial charge in [-0.05, 0) is 31.5 Å². The van der Waals surface area contributed by atoms with Gasteiger partial charge in [-0.15, -0.1) is 0 Å². The highest BCUT2D eigenvalue weighted by atomic mass is 16.5. The van der Waals surface area contributed by atoms with Gasteiger partial charge in [-0.2, -0.15) is 0 Å². The maximum Gasteiger partial charge on any atom is 0.222 e. The summed E-state index contributed by atoms with van der Waals surface area (Å²) in [6.07, 6.45) is 0.487. The normalized spacial score (nSPS) is 10.4. The Morgan fingerprint density at radius 2 is 2.05 bits per heavy atom. The molecule has 0 spiro atoms. The summed E-state index contributed by atoms with van der Waals surface area (Å²) in [5.41, 5.74) is 1.67. The number of hydrogen-bond acceptors (Lipinski definition) is 3. The first-order valence-corrected chi connectivity index (χ1v) is 6.72. The zero-order valence-electron chi connectivity index (χ0n) is 12.2. The van der Waals surface area contributed by atoms with E-state index in [1.165, 1.54) is 6.92 Å². The highest BCUT2D eigenvalue weighted by Crippen LogP contribution is 2.10. The molecular formula is C15H22N2O3. The van der Waals surface area contributed by atoms with Crippen molar-refractivity contribution in [1.82, 2.24) is 5.32 Å². The van der Waals surface area contributed by atoms with Crippen LogP contribution in [0.1, 0.15) is 32.8 Å². The lowest BCUT2D eigenvalue weighted by atomic mass is 10.2. The minimum Gasteiger partial charge on any atom is -0.378 e. The summed E-state index contributed by atoms with van der Waals surface area (Å²) in [6.45, 7) is 6.20. The molecule has 20 heavy (non-hydrogen) atoms. The third-order valence-electron chi connectivity index (χ3n) is 2.52. The molecule has 0 aliphatic heterocycles. The third-order valence-corrected chi connectivity index (χ3v) is 2.52. The van der Waals surface area contributed by atoms with E-state index in [0.717, 1.165) is 11.3 Å². The molecule has 0 aliphatic rings. The van der Waals surface area contributed by atoms with Crippen molar-refractivity contribution in [1.29, 1.82) is 0 Å². The molecule has 5 heteroatoms. The molecule has 0 saturated carbocycles. The molecule has 2 amide bonds. The van der Waals surface area contributed by atoms with Crippen LogP contribution in [0.25, 0.3) is 0 Å². The number of nitrogens with one attached hydrogen (secondary N) is 2. The summed E-state index contributed by atoms with van der Waals surface area (Å²) < 4.78 is 5.32. The van der Waals surface area contributed by atoms with Gasteiger partial charge in [-0.25, -0.2) is 0 Å². The highest BCUT2D eigenvalue weighted by Gasteiger charge is 2.03. The number of anilines is 1. The van der Waals surface area contributed by atoms with Crippen LogP contribution in [0.3, 0.4) is 0 Å². The zero-order valence-corrected chi connectivity index (χ0v) is 12.2. The molecule has 5 nitrogen and oxygen atoms in total. The van der Waals surface area contributed by atoms with E-state index in [2.05, 4.69) is 10.6 Å². The Morgan fingerprint density at radius 3 is 2.70 bits per heavy atom. The standard InChI is InChI=1S/C15H22N2O3/c1-11(2)20-8-7-15(19)16-10-13-5-4-6-14(9-13)17-12(3)18/h4-6,9,11H,7-8,10H2,1-3H3,(H,16,19)(H,17,18). The molecule has 0 aliphatic carbocycles. The first-order chi connectivity index (χ1) is 9.47. The average Bonchev–Trinajstić information content (AvgIpc) is 2.35. The molecule has 1 rings (SSSR count). The SMILES string of the molecule is CC(=O)Nc1cccc(CNC(=O)CCOC(C)C)c1. The molecule has 2 N–H and O–H groups in total. The smallest absolute Gasteiger partial charge is 0.222 e. The Kier molecular flexibility index (Phi) is 6.73. The maximum atomic E-state index is 11.6. The van der Waals surface area contributed by atoms with Gasteiger partial charge >= 0.3 is 0 Å². The van der Waals surface area contributed by atoms with Gasteiger partial charge in [0.1, 0.15) is 0 Å². The van der Waals surface area contributed by atoms with Gasteiger partial charge in [0.25, 0.3) is 0 Å². The van der Waals surface area contributed by atoms with Crippen molar-refractivity contribution in [2.45, 2.75) is 39.8 Å². The van der Waals surface area contributed by atoms with Gasteiger partial charge in [-0.3, -0.25) is 9.59 Å². The van der Waals surface area contributed by atoms with Crippen LogP contribution in [-0.2, 0) is 20.9 Å². The number of ether oxygens (including phenoxy) is 1. The Hall–Kier alpha value is -1.88. The van der Waals surface area contributed by atoms with Crippen LogP contribution in [-0.4, -0.2) is 24.5 Å². The maximum absolute atomic E-state index is 11.6. The van der Waals surface area contributed by atoms with E-state index in [1.54, 1.807) is 0 Å². The van der Waals surface area contributed by atoms with Gasteiger partial charge in [0.2, 0.25) is 11.8 Å². The fraction of sp³-hybridized carbons (Fsp3) is 0.467. The van der Waals surface area contributed by atoms with E-state index >= 15 is 0 Å². The fourth-order valence-corrected chi connectivity index (χ4v) is 1.64. The zero-order chi connectivity index (χ0) is 15.0. The molecule has 0 bridgehead atoms. The van der Waals surface area contributed by atoms with E-state index in [4.69, 9.17) is 4.74 Å². The van der Waals surface area contributed by atoms with Crippen molar-refractivity contribution in [3.05, 3.63) is 29.8 Å². The average molecular weight is 278 g/mol. The predicted octanol–water partition coefficient (Wildman–Crippen LogP) is 2.08. The van der Waals surface area contributed by atoms with Crippen LogP contribution in [0.5, 0.6) is 0 Å².